The van der Waals surface area contributed by atoms with Crippen molar-refractivity contribution in [2.45, 2.75) is 26.4 Å². The van der Waals surface area contributed by atoms with E-state index in [1.54, 1.807) is 13.8 Å². The lowest BCUT2D eigenvalue weighted by Gasteiger charge is -2.25. The van der Waals surface area contributed by atoms with E-state index in [2.05, 4.69) is 6.58 Å². The first-order valence-electron chi connectivity index (χ1n) is 3.99. The van der Waals surface area contributed by atoms with Gasteiger partial charge in [0.2, 0.25) is 0 Å². The van der Waals surface area contributed by atoms with Crippen LogP contribution < -0.4 is 0 Å². The van der Waals surface area contributed by atoms with Crippen molar-refractivity contribution in [3.8, 4) is 0 Å². The molecule has 0 saturated carbocycles. The van der Waals surface area contributed by atoms with E-state index >= 15 is 0 Å². The van der Waals surface area contributed by atoms with Gasteiger partial charge in [0.1, 0.15) is 0 Å². The smallest absolute Gasteiger partial charge is 0.338 e. The summed E-state index contributed by atoms with van der Waals surface area (Å²) in [7, 11) is 0. The fraction of sp³-hybridized carbons (Fsp3) is 0.667. The number of rotatable bonds is 4. The Morgan fingerprint density at radius 3 is 2.67 bits per heavy atom. The van der Waals surface area contributed by atoms with Crippen molar-refractivity contribution in [1.29, 1.82) is 0 Å². The number of carbonyl (C=O) groups is 1. The summed E-state index contributed by atoms with van der Waals surface area (Å²) in [5.41, 5.74) is -1.46. The van der Waals surface area contributed by atoms with Crippen molar-refractivity contribution >= 4 is 5.97 Å². The second-order valence-electron chi connectivity index (χ2n) is 2.89. The minimum atomic E-state index is -1.46. The van der Waals surface area contributed by atoms with Gasteiger partial charge in [-0.15, -0.1) is 6.58 Å². The van der Waals surface area contributed by atoms with Gasteiger partial charge in [-0.2, -0.15) is 0 Å². The third-order valence-electron chi connectivity index (χ3n) is 1.93. The minimum absolute atomic E-state index is 0.277. The molecule has 1 N–H and O–H groups in total. The molecule has 0 aliphatic carbocycles. The normalized spacial score (nSPS) is 17.7. The first-order valence-corrected chi connectivity index (χ1v) is 3.99. The quantitative estimate of drug-likeness (QED) is 0.510. The highest BCUT2D eigenvalue weighted by Gasteiger charge is 2.36. The van der Waals surface area contributed by atoms with E-state index in [1.165, 1.54) is 13.0 Å². The molecule has 0 aromatic carbocycles. The van der Waals surface area contributed by atoms with Crippen LogP contribution in [0.1, 0.15) is 20.8 Å². The van der Waals surface area contributed by atoms with E-state index in [0.717, 1.165) is 0 Å². The summed E-state index contributed by atoms with van der Waals surface area (Å²) >= 11 is 0. The molecule has 2 atom stereocenters. The highest BCUT2D eigenvalue weighted by molar-refractivity contribution is 5.79. The van der Waals surface area contributed by atoms with Crippen LogP contribution in [0.2, 0.25) is 0 Å². The van der Waals surface area contributed by atoms with Crippen LogP contribution in [0, 0.1) is 5.92 Å². The summed E-state index contributed by atoms with van der Waals surface area (Å²) in [6, 6.07) is 0. The summed E-state index contributed by atoms with van der Waals surface area (Å²) in [6.07, 6.45) is 1.52. The van der Waals surface area contributed by atoms with Gasteiger partial charge < -0.3 is 9.84 Å². The van der Waals surface area contributed by atoms with E-state index < -0.39 is 11.6 Å². The molecule has 0 fully saturated rings. The predicted molar refractivity (Wildman–Crippen MR) is 46.6 cm³/mol. The van der Waals surface area contributed by atoms with Gasteiger partial charge in [-0.3, -0.25) is 0 Å². The Balaban J connectivity index is 4.37. The lowest BCUT2D eigenvalue weighted by molar-refractivity contribution is -0.166. The Morgan fingerprint density at radius 1 is 1.83 bits per heavy atom. The number of aliphatic hydroxyl groups is 1. The number of carbonyl (C=O) groups excluding carboxylic acids is 1. The highest BCUT2D eigenvalue weighted by Crippen LogP contribution is 2.19. The van der Waals surface area contributed by atoms with E-state index in [9.17, 15) is 9.90 Å². The number of ether oxygens (including phenoxy) is 1. The van der Waals surface area contributed by atoms with Crippen LogP contribution in [0.25, 0.3) is 0 Å². The largest absolute Gasteiger partial charge is 0.464 e. The maximum Gasteiger partial charge on any atom is 0.338 e. The third kappa shape index (κ3) is 2.34. The highest BCUT2D eigenvalue weighted by atomic mass is 16.5. The molecule has 0 aromatic rings. The van der Waals surface area contributed by atoms with Gasteiger partial charge in [0, 0.05) is 5.92 Å². The summed E-state index contributed by atoms with van der Waals surface area (Å²) in [5.74, 6) is -0.908. The fourth-order valence-corrected chi connectivity index (χ4v) is 0.693. The molecule has 0 saturated heterocycles. The van der Waals surface area contributed by atoms with Crippen LogP contribution in [-0.2, 0) is 9.53 Å². The molecule has 0 unspecified atom stereocenters. The predicted octanol–water partition coefficient (Wildman–Crippen LogP) is 1.12. The Labute approximate surface area is 73.0 Å². The van der Waals surface area contributed by atoms with Crippen LogP contribution in [0.3, 0.4) is 0 Å². The van der Waals surface area contributed by atoms with Gasteiger partial charge >= 0.3 is 5.97 Å². The fourth-order valence-electron chi connectivity index (χ4n) is 0.693. The average molecular weight is 172 g/mol. The van der Waals surface area contributed by atoms with Crippen molar-refractivity contribution < 1.29 is 14.6 Å². The summed E-state index contributed by atoms with van der Waals surface area (Å²) < 4.78 is 4.69. The topological polar surface area (TPSA) is 46.5 Å². The van der Waals surface area contributed by atoms with Gasteiger partial charge in [0.15, 0.2) is 5.60 Å². The molecule has 0 rings (SSSR count). The summed E-state index contributed by atoms with van der Waals surface area (Å²) in [6.45, 7) is 8.62. The Hall–Kier alpha value is -0.830. The summed E-state index contributed by atoms with van der Waals surface area (Å²) in [5, 5.41) is 9.64. The Bertz CT molecular complexity index is 173. The maximum absolute atomic E-state index is 11.1. The molecule has 0 amide bonds. The zero-order valence-corrected chi connectivity index (χ0v) is 7.83. The first kappa shape index (κ1) is 11.2. The molecule has 0 aromatic heterocycles. The maximum atomic E-state index is 11.1. The van der Waals surface area contributed by atoms with Crippen molar-refractivity contribution in [2.24, 2.45) is 5.92 Å². The van der Waals surface area contributed by atoms with E-state index in [-0.39, 0.29) is 12.5 Å². The van der Waals surface area contributed by atoms with Crippen molar-refractivity contribution in [1.82, 2.24) is 0 Å². The monoisotopic (exact) mass is 172 g/mol. The molecule has 0 bridgehead atoms. The molecule has 0 aliphatic rings. The Kier molecular flexibility index (Phi) is 3.96. The lowest BCUT2D eigenvalue weighted by atomic mass is 9.91. The van der Waals surface area contributed by atoms with Gasteiger partial charge in [-0.25, -0.2) is 4.79 Å². The second-order valence-corrected chi connectivity index (χ2v) is 2.89. The zero-order valence-electron chi connectivity index (χ0n) is 7.83. The second kappa shape index (κ2) is 4.26. The molecular weight excluding hydrogens is 156 g/mol. The number of hydrogen-bond acceptors (Lipinski definition) is 3. The summed E-state index contributed by atoms with van der Waals surface area (Å²) in [4.78, 5) is 11.1. The van der Waals surface area contributed by atoms with Gasteiger partial charge in [0.05, 0.1) is 6.61 Å². The molecule has 0 aliphatic heterocycles. The molecule has 70 valence electrons. The molecule has 3 nitrogen and oxygen atoms in total. The van der Waals surface area contributed by atoms with Crippen molar-refractivity contribution in [3.63, 3.8) is 0 Å². The standard InChI is InChI=1S/C9H16O3/c1-5-7(3)9(4,11)8(10)12-6-2/h5,7,11H,1,6H2,2-4H3/t7-,9-/m1/s1. The van der Waals surface area contributed by atoms with Gasteiger partial charge in [-0.1, -0.05) is 13.0 Å². The van der Waals surface area contributed by atoms with Crippen LogP contribution in [0.15, 0.2) is 12.7 Å². The van der Waals surface area contributed by atoms with Crippen LogP contribution in [-0.4, -0.2) is 23.3 Å². The SMILES string of the molecule is C=C[C@@H](C)[C@@](C)(O)C(=O)OCC. The molecule has 3 heteroatoms. The van der Waals surface area contributed by atoms with Crippen molar-refractivity contribution in [3.05, 3.63) is 12.7 Å². The van der Waals surface area contributed by atoms with Crippen LogP contribution in [0.4, 0.5) is 0 Å². The lowest BCUT2D eigenvalue weighted by Crippen LogP contribution is -2.42. The average Bonchev–Trinajstić information content (AvgIpc) is 2.03. The number of esters is 1. The third-order valence-corrected chi connectivity index (χ3v) is 1.93. The molecule has 0 spiro atoms. The molecule has 0 heterocycles. The zero-order chi connectivity index (χ0) is 9.78. The van der Waals surface area contributed by atoms with Crippen LogP contribution in [0.5, 0.6) is 0 Å². The van der Waals surface area contributed by atoms with Crippen molar-refractivity contribution in [2.75, 3.05) is 6.61 Å². The van der Waals surface area contributed by atoms with Crippen LogP contribution >= 0.6 is 0 Å². The van der Waals surface area contributed by atoms with E-state index in [0.29, 0.717) is 0 Å². The first-order chi connectivity index (χ1) is 5.46. The molecule has 0 radical (unpaired) electrons. The molecular formula is C9H16O3. The van der Waals surface area contributed by atoms with E-state index in [1.807, 2.05) is 0 Å². The van der Waals surface area contributed by atoms with Gasteiger partial charge in [0.25, 0.3) is 0 Å². The number of hydrogen-bond donors (Lipinski definition) is 1. The van der Waals surface area contributed by atoms with Gasteiger partial charge in [-0.05, 0) is 13.8 Å². The molecule has 12 heavy (non-hydrogen) atoms. The minimum Gasteiger partial charge on any atom is -0.464 e. The Morgan fingerprint density at radius 2 is 2.33 bits per heavy atom. The van der Waals surface area contributed by atoms with E-state index in [4.69, 9.17) is 4.74 Å².